The maximum Gasteiger partial charge on any atom is 0.408 e. The summed E-state index contributed by atoms with van der Waals surface area (Å²) in [5, 5.41) is 2.72. The highest BCUT2D eigenvalue weighted by molar-refractivity contribution is 6.18. The highest BCUT2D eigenvalue weighted by atomic mass is 35.5. The Morgan fingerprint density at radius 1 is 1.00 bits per heavy atom. The lowest BCUT2D eigenvalue weighted by Crippen LogP contribution is -2.44. The Morgan fingerprint density at radius 2 is 1.58 bits per heavy atom. The molecule has 188 valence electrons. The Hall–Kier alpha value is -1.86. The standard InChI is InChI=1S/C24H38Cl2N2O5/c1-17-14-19(28(12-10-25)13-11-26)8-9-20(17)31-16-18(15-21(29)32-23(2,3)4)27-22(30)33-24(5,6)7/h8-9,14,18H,10-13,15-16H2,1-7H3,(H,27,30). The van der Waals surface area contributed by atoms with E-state index in [1.807, 2.05) is 25.1 Å². The van der Waals surface area contributed by atoms with Crippen LogP contribution >= 0.6 is 23.2 Å². The Kier molecular flexibility index (Phi) is 11.6. The summed E-state index contributed by atoms with van der Waals surface area (Å²) in [7, 11) is 0. The SMILES string of the molecule is Cc1cc(N(CCCl)CCCl)ccc1OCC(CC(=O)OC(C)(C)C)NC(=O)OC(C)(C)C. The molecule has 9 heteroatoms. The first-order valence-electron chi connectivity index (χ1n) is 11.1. The lowest BCUT2D eigenvalue weighted by atomic mass is 10.1. The summed E-state index contributed by atoms with van der Waals surface area (Å²) in [5.41, 5.74) is 0.623. The number of halogens is 2. The molecule has 0 aliphatic carbocycles. The van der Waals surface area contributed by atoms with E-state index in [9.17, 15) is 9.59 Å². The summed E-state index contributed by atoms with van der Waals surface area (Å²) in [6, 6.07) is 5.17. The minimum atomic E-state index is -0.661. The van der Waals surface area contributed by atoms with Crippen molar-refractivity contribution in [1.82, 2.24) is 5.32 Å². The third-order valence-corrected chi connectivity index (χ3v) is 4.56. The lowest BCUT2D eigenvalue weighted by Gasteiger charge is -2.26. The van der Waals surface area contributed by atoms with E-state index in [4.69, 9.17) is 37.4 Å². The van der Waals surface area contributed by atoms with Gasteiger partial charge in [0.2, 0.25) is 0 Å². The molecule has 0 aliphatic heterocycles. The fraction of sp³-hybridized carbons (Fsp3) is 0.667. The van der Waals surface area contributed by atoms with E-state index >= 15 is 0 Å². The van der Waals surface area contributed by atoms with Crippen molar-refractivity contribution in [2.45, 2.75) is 72.1 Å². The van der Waals surface area contributed by atoms with Crippen LogP contribution in [-0.2, 0) is 14.3 Å². The number of esters is 1. The molecule has 0 fully saturated rings. The van der Waals surface area contributed by atoms with Gasteiger partial charge in [0.05, 0.1) is 12.5 Å². The molecule has 0 radical (unpaired) electrons. The molecular formula is C24H38Cl2N2O5. The van der Waals surface area contributed by atoms with Gasteiger partial charge in [0.1, 0.15) is 23.6 Å². The topological polar surface area (TPSA) is 77.1 Å². The number of rotatable bonds is 11. The predicted octanol–water partition coefficient (Wildman–Crippen LogP) is 5.28. The Bertz CT molecular complexity index is 739. The number of aryl methyl sites for hydroxylation is 1. The van der Waals surface area contributed by atoms with Crippen molar-refractivity contribution in [3.8, 4) is 5.75 Å². The second-order valence-electron chi connectivity index (χ2n) is 9.76. The first-order valence-corrected chi connectivity index (χ1v) is 12.1. The summed E-state index contributed by atoms with van der Waals surface area (Å²) in [5.74, 6) is 1.21. The lowest BCUT2D eigenvalue weighted by molar-refractivity contribution is -0.155. The molecule has 0 heterocycles. The number of carbonyl (C=O) groups is 2. The smallest absolute Gasteiger partial charge is 0.408 e. The van der Waals surface area contributed by atoms with Crippen molar-refractivity contribution in [3.05, 3.63) is 23.8 Å². The number of hydrogen-bond acceptors (Lipinski definition) is 6. The Balaban J connectivity index is 2.91. The van der Waals surface area contributed by atoms with Crippen molar-refractivity contribution >= 4 is 41.0 Å². The van der Waals surface area contributed by atoms with Gasteiger partial charge in [-0.2, -0.15) is 0 Å². The van der Waals surface area contributed by atoms with Gasteiger partial charge in [-0.15, -0.1) is 23.2 Å². The van der Waals surface area contributed by atoms with Crippen LogP contribution in [-0.4, -0.2) is 60.8 Å². The molecule has 1 amide bonds. The fourth-order valence-corrected chi connectivity index (χ4v) is 3.37. The first kappa shape index (κ1) is 29.2. The number of amides is 1. The molecule has 33 heavy (non-hydrogen) atoms. The van der Waals surface area contributed by atoms with E-state index in [1.54, 1.807) is 41.5 Å². The van der Waals surface area contributed by atoms with E-state index < -0.39 is 29.3 Å². The summed E-state index contributed by atoms with van der Waals surface area (Å²) in [4.78, 5) is 26.8. The summed E-state index contributed by atoms with van der Waals surface area (Å²) in [6.07, 6.45) is -0.670. The number of nitrogens with one attached hydrogen (secondary N) is 1. The van der Waals surface area contributed by atoms with Gasteiger partial charge < -0.3 is 24.4 Å². The average molecular weight is 505 g/mol. The van der Waals surface area contributed by atoms with Crippen LogP contribution in [0.2, 0.25) is 0 Å². The molecule has 1 aromatic rings. The monoisotopic (exact) mass is 504 g/mol. The van der Waals surface area contributed by atoms with Crippen LogP contribution in [0.1, 0.15) is 53.5 Å². The molecule has 0 spiro atoms. The van der Waals surface area contributed by atoms with Gasteiger partial charge in [-0.3, -0.25) is 4.79 Å². The normalized spacial score (nSPS) is 12.6. The molecule has 1 N–H and O–H groups in total. The minimum Gasteiger partial charge on any atom is -0.491 e. The summed E-state index contributed by atoms with van der Waals surface area (Å²) < 4.78 is 16.7. The van der Waals surface area contributed by atoms with E-state index in [-0.39, 0.29) is 13.0 Å². The summed E-state index contributed by atoms with van der Waals surface area (Å²) >= 11 is 11.8. The summed E-state index contributed by atoms with van der Waals surface area (Å²) in [6.45, 7) is 14.1. The van der Waals surface area contributed by atoms with E-state index in [0.717, 1.165) is 11.3 Å². The number of ether oxygens (including phenoxy) is 3. The molecule has 1 rings (SSSR count). The maximum atomic E-state index is 12.4. The van der Waals surface area contributed by atoms with E-state index in [2.05, 4.69) is 10.2 Å². The van der Waals surface area contributed by atoms with Gasteiger partial charge >= 0.3 is 12.1 Å². The molecule has 0 aliphatic rings. The van der Waals surface area contributed by atoms with Crippen LogP contribution in [0.5, 0.6) is 5.75 Å². The number of alkyl carbamates (subject to hydrolysis) is 1. The largest absolute Gasteiger partial charge is 0.491 e. The fourth-order valence-electron chi connectivity index (χ4n) is 2.97. The van der Waals surface area contributed by atoms with E-state index in [1.165, 1.54) is 0 Å². The molecule has 0 saturated carbocycles. The van der Waals surface area contributed by atoms with Crippen molar-refractivity contribution in [3.63, 3.8) is 0 Å². The highest BCUT2D eigenvalue weighted by Gasteiger charge is 2.25. The molecule has 7 nitrogen and oxygen atoms in total. The second kappa shape index (κ2) is 13.1. The highest BCUT2D eigenvalue weighted by Crippen LogP contribution is 2.25. The van der Waals surface area contributed by atoms with Gasteiger partial charge in [0, 0.05) is 30.5 Å². The Labute approximate surface area is 208 Å². The number of carbonyl (C=O) groups excluding carboxylic acids is 2. The zero-order valence-corrected chi connectivity index (χ0v) is 22.3. The molecular weight excluding hydrogens is 467 g/mol. The van der Waals surface area contributed by atoms with Crippen LogP contribution in [0, 0.1) is 6.92 Å². The molecule has 1 aromatic carbocycles. The zero-order chi connectivity index (χ0) is 25.2. The van der Waals surface area contributed by atoms with Gasteiger partial charge in [-0.1, -0.05) is 0 Å². The van der Waals surface area contributed by atoms with Crippen LogP contribution in [0.25, 0.3) is 0 Å². The Morgan fingerprint density at radius 3 is 2.06 bits per heavy atom. The number of alkyl halides is 2. The molecule has 0 aromatic heterocycles. The van der Waals surface area contributed by atoms with E-state index in [0.29, 0.717) is 30.6 Å². The van der Waals surface area contributed by atoms with Gasteiger partial charge in [0.15, 0.2) is 0 Å². The first-order chi connectivity index (χ1) is 15.2. The minimum absolute atomic E-state index is 0.0487. The van der Waals surface area contributed by atoms with Crippen LogP contribution in [0.4, 0.5) is 10.5 Å². The molecule has 0 saturated heterocycles. The van der Waals surface area contributed by atoms with Gasteiger partial charge in [0.25, 0.3) is 0 Å². The molecule has 1 atom stereocenters. The zero-order valence-electron chi connectivity index (χ0n) is 20.8. The number of hydrogen-bond donors (Lipinski definition) is 1. The molecule has 1 unspecified atom stereocenters. The van der Waals surface area contributed by atoms with Crippen LogP contribution in [0.15, 0.2) is 18.2 Å². The number of anilines is 1. The second-order valence-corrected chi connectivity index (χ2v) is 10.5. The van der Waals surface area contributed by atoms with Crippen LogP contribution < -0.4 is 15.0 Å². The number of benzene rings is 1. The average Bonchev–Trinajstić information content (AvgIpc) is 2.63. The third-order valence-electron chi connectivity index (χ3n) is 4.23. The predicted molar refractivity (Wildman–Crippen MR) is 134 cm³/mol. The van der Waals surface area contributed by atoms with Gasteiger partial charge in [-0.05, 0) is 72.2 Å². The third kappa shape index (κ3) is 12.2. The van der Waals surface area contributed by atoms with Crippen molar-refractivity contribution in [1.29, 1.82) is 0 Å². The van der Waals surface area contributed by atoms with Gasteiger partial charge in [-0.25, -0.2) is 4.79 Å². The number of nitrogens with zero attached hydrogens (tertiary/aromatic N) is 1. The molecule has 0 bridgehead atoms. The van der Waals surface area contributed by atoms with Crippen molar-refractivity contribution in [2.75, 3.05) is 36.4 Å². The van der Waals surface area contributed by atoms with Crippen molar-refractivity contribution in [2.24, 2.45) is 0 Å². The van der Waals surface area contributed by atoms with Crippen molar-refractivity contribution < 1.29 is 23.8 Å². The van der Waals surface area contributed by atoms with Crippen LogP contribution in [0.3, 0.4) is 0 Å². The maximum absolute atomic E-state index is 12.4. The quantitative estimate of drug-likeness (QED) is 0.326.